The fraction of sp³-hybridized carbons (Fsp3) is 0.333. The number of phenolic OH excluding ortho intramolecular Hbond substituents is 1. The number of phenols is 1. The SMILES string of the molecule is O=C1c2cccc(O)c2C(=O)C2C=C3CCCCC3=CC12. The molecule has 1 aromatic rings. The first-order valence-corrected chi connectivity index (χ1v) is 7.49. The molecular weight excluding hydrogens is 264 g/mol. The third-order valence-corrected chi connectivity index (χ3v) is 4.86. The van der Waals surface area contributed by atoms with E-state index in [1.165, 1.54) is 17.2 Å². The predicted octanol–water partition coefficient (Wildman–Crippen LogP) is 3.44. The molecule has 0 aromatic heterocycles. The van der Waals surface area contributed by atoms with Gasteiger partial charge in [0.25, 0.3) is 0 Å². The van der Waals surface area contributed by atoms with Gasteiger partial charge in [-0.15, -0.1) is 0 Å². The van der Waals surface area contributed by atoms with E-state index in [-0.39, 0.29) is 28.8 Å². The van der Waals surface area contributed by atoms with Gasteiger partial charge in [-0.25, -0.2) is 0 Å². The van der Waals surface area contributed by atoms with Gasteiger partial charge in [0.15, 0.2) is 11.6 Å². The molecule has 0 radical (unpaired) electrons. The van der Waals surface area contributed by atoms with Gasteiger partial charge in [-0.3, -0.25) is 9.59 Å². The molecule has 3 aliphatic rings. The van der Waals surface area contributed by atoms with Gasteiger partial charge >= 0.3 is 0 Å². The van der Waals surface area contributed by atoms with Gasteiger partial charge < -0.3 is 5.11 Å². The Morgan fingerprint density at radius 2 is 1.52 bits per heavy atom. The molecular formula is C18H16O3. The summed E-state index contributed by atoms with van der Waals surface area (Å²) in [7, 11) is 0. The van der Waals surface area contributed by atoms with Crippen LogP contribution in [0.1, 0.15) is 46.4 Å². The molecule has 2 atom stereocenters. The molecule has 21 heavy (non-hydrogen) atoms. The highest BCUT2D eigenvalue weighted by Gasteiger charge is 2.42. The van der Waals surface area contributed by atoms with Crippen molar-refractivity contribution in [3.05, 3.63) is 52.6 Å². The molecule has 1 fully saturated rings. The number of benzene rings is 1. The summed E-state index contributed by atoms with van der Waals surface area (Å²) in [6.45, 7) is 0. The van der Waals surface area contributed by atoms with E-state index < -0.39 is 5.92 Å². The maximum absolute atomic E-state index is 12.7. The zero-order valence-corrected chi connectivity index (χ0v) is 11.6. The van der Waals surface area contributed by atoms with Crippen molar-refractivity contribution in [3.8, 4) is 5.75 Å². The van der Waals surface area contributed by atoms with Crippen LogP contribution in [-0.4, -0.2) is 16.7 Å². The number of ketones is 2. The largest absolute Gasteiger partial charge is 0.507 e. The van der Waals surface area contributed by atoms with E-state index in [1.54, 1.807) is 12.1 Å². The second-order valence-corrected chi connectivity index (χ2v) is 6.07. The molecule has 1 N–H and O–H groups in total. The van der Waals surface area contributed by atoms with Crippen LogP contribution in [0.3, 0.4) is 0 Å². The molecule has 3 aliphatic carbocycles. The summed E-state index contributed by atoms with van der Waals surface area (Å²) in [6, 6.07) is 4.74. The Morgan fingerprint density at radius 1 is 0.905 bits per heavy atom. The standard InChI is InChI=1S/C18H16O3/c19-15-7-3-6-12-16(15)18(21)14-9-11-5-2-1-4-10(11)8-13(14)17(12)20/h3,6-9,13-14,19H,1-2,4-5H2. The molecule has 0 spiro atoms. The van der Waals surface area contributed by atoms with Crippen LogP contribution in [0.25, 0.3) is 0 Å². The first-order valence-electron chi connectivity index (χ1n) is 7.49. The number of carbonyl (C=O) groups is 2. The first-order chi connectivity index (χ1) is 10.2. The van der Waals surface area contributed by atoms with Crippen molar-refractivity contribution < 1.29 is 14.7 Å². The molecule has 1 saturated carbocycles. The Balaban J connectivity index is 1.88. The van der Waals surface area contributed by atoms with Crippen molar-refractivity contribution in [3.63, 3.8) is 0 Å². The van der Waals surface area contributed by atoms with Crippen LogP contribution in [0.2, 0.25) is 0 Å². The predicted molar refractivity (Wildman–Crippen MR) is 78.4 cm³/mol. The topological polar surface area (TPSA) is 54.4 Å². The lowest BCUT2D eigenvalue weighted by molar-refractivity contribution is 0.0796. The molecule has 3 nitrogen and oxygen atoms in total. The van der Waals surface area contributed by atoms with E-state index in [2.05, 4.69) is 0 Å². The summed E-state index contributed by atoms with van der Waals surface area (Å²) < 4.78 is 0. The van der Waals surface area contributed by atoms with Gasteiger partial charge in [0.05, 0.1) is 17.4 Å². The Bertz CT molecular complexity index is 724. The molecule has 2 unspecified atom stereocenters. The van der Waals surface area contributed by atoms with Crippen molar-refractivity contribution in [2.45, 2.75) is 25.7 Å². The highest BCUT2D eigenvalue weighted by molar-refractivity contribution is 6.18. The smallest absolute Gasteiger partial charge is 0.175 e. The van der Waals surface area contributed by atoms with Crippen LogP contribution >= 0.6 is 0 Å². The third-order valence-electron chi connectivity index (χ3n) is 4.86. The first kappa shape index (κ1) is 12.6. The lowest BCUT2D eigenvalue weighted by atomic mass is 9.68. The number of Topliss-reactive ketones (excluding diaryl/α,β-unsaturated/α-hetero) is 2. The van der Waals surface area contributed by atoms with E-state index in [0.717, 1.165) is 25.7 Å². The van der Waals surface area contributed by atoms with Crippen molar-refractivity contribution in [2.24, 2.45) is 11.8 Å². The minimum atomic E-state index is -0.435. The fourth-order valence-electron chi connectivity index (χ4n) is 3.80. The fourth-order valence-corrected chi connectivity index (χ4v) is 3.80. The van der Waals surface area contributed by atoms with Gasteiger partial charge in [0, 0.05) is 5.56 Å². The van der Waals surface area contributed by atoms with E-state index in [1.807, 2.05) is 12.2 Å². The van der Waals surface area contributed by atoms with E-state index >= 15 is 0 Å². The summed E-state index contributed by atoms with van der Waals surface area (Å²) in [5.41, 5.74) is 3.04. The molecule has 1 aromatic carbocycles. The van der Waals surface area contributed by atoms with Crippen LogP contribution in [0.15, 0.2) is 41.5 Å². The number of aromatic hydroxyl groups is 1. The number of hydrogen-bond donors (Lipinski definition) is 1. The highest BCUT2D eigenvalue weighted by Crippen LogP contribution is 2.43. The van der Waals surface area contributed by atoms with Crippen LogP contribution < -0.4 is 0 Å². The Morgan fingerprint density at radius 3 is 2.19 bits per heavy atom. The number of allylic oxidation sites excluding steroid dienone is 4. The summed E-state index contributed by atoms with van der Waals surface area (Å²) >= 11 is 0. The molecule has 106 valence electrons. The quantitative estimate of drug-likeness (QED) is 0.792. The second kappa shape index (κ2) is 4.42. The van der Waals surface area contributed by atoms with Crippen molar-refractivity contribution in [1.82, 2.24) is 0 Å². The minimum absolute atomic E-state index is 0.0427. The average Bonchev–Trinajstić information content (AvgIpc) is 2.51. The summed E-state index contributed by atoms with van der Waals surface area (Å²) in [4.78, 5) is 25.4. The normalized spacial score (nSPS) is 27.2. The molecule has 3 heteroatoms. The molecule has 0 heterocycles. The van der Waals surface area contributed by atoms with E-state index in [9.17, 15) is 14.7 Å². The summed E-state index contributed by atoms with van der Waals surface area (Å²) in [5.74, 6) is -1.07. The third kappa shape index (κ3) is 1.73. The lowest BCUT2D eigenvalue weighted by Crippen LogP contribution is -2.36. The van der Waals surface area contributed by atoms with Gasteiger partial charge in [0.2, 0.25) is 0 Å². The van der Waals surface area contributed by atoms with Crippen molar-refractivity contribution in [1.29, 1.82) is 0 Å². The van der Waals surface area contributed by atoms with E-state index in [0.29, 0.717) is 5.56 Å². The summed E-state index contributed by atoms with van der Waals surface area (Å²) in [6.07, 6.45) is 8.28. The van der Waals surface area contributed by atoms with Crippen LogP contribution in [-0.2, 0) is 0 Å². The van der Waals surface area contributed by atoms with E-state index in [4.69, 9.17) is 0 Å². The maximum Gasteiger partial charge on any atom is 0.175 e. The monoisotopic (exact) mass is 280 g/mol. The number of hydrogen-bond acceptors (Lipinski definition) is 3. The lowest BCUT2D eigenvalue weighted by Gasteiger charge is -2.33. The minimum Gasteiger partial charge on any atom is -0.507 e. The zero-order valence-electron chi connectivity index (χ0n) is 11.6. The molecule has 0 saturated heterocycles. The molecule has 0 bridgehead atoms. The highest BCUT2D eigenvalue weighted by atomic mass is 16.3. The number of rotatable bonds is 0. The van der Waals surface area contributed by atoms with Gasteiger partial charge in [-0.2, -0.15) is 0 Å². The van der Waals surface area contributed by atoms with Crippen LogP contribution in [0.5, 0.6) is 5.75 Å². The van der Waals surface area contributed by atoms with Gasteiger partial charge in [-0.05, 0) is 42.9 Å². The molecule has 4 rings (SSSR count). The number of fused-ring (bicyclic) bond motifs is 3. The zero-order chi connectivity index (χ0) is 14.6. The van der Waals surface area contributed by atoms with Crippen LogP contribution in [0, 0.1) is 11.8 Å². The average molecular weight is 280 g/mol. The van der Waals surface area contributed by atoms with Crippen LogP contribution in [0.4, 0.5) is 0 Å². The molecule has 0 aliphatic heterocycles. The Hall–Kier alpha value is -2.16. The van der Waals surface area contributed by atoms with Gasteiger partial charge in [0.1, 0.15) is 5.75 Å². The van der Waals surface area contributed by atoms with Crippen molar-refractivity contribution >= 4 is 11.6 Å². The second-order valence-electron chi connectivity index (χ2n) is 6.07. The Labute approximate surface area is 123 Å². The van der Waals surface area contributed by atoms with Gasteiger partial charge in [-0.1, -0.05) is 24.3 Å². The number of carbonyl (C=O) groups excluding carboxylic acids is 2. The Kier molecular flexibility index (Phi) is 2.64. The summed E-state index contributed by atoms with van der Waals surface area (Å²) in [5, 5.41) is 9.96. The maximum atomic E-state index is 12.7. The molecule has 0 amide bonds. The van der Waals surface area contributed by atoms with Crippen molar-refractivity contribution in [2.75, 3.05) is 0 Å².